The van der Waals surface area contributed by atoms with Gasteiger partial charge in [0, 0.05) is 19.3 Å². The number of rotatable bonds is 56. The first kappa shape index (κ1) is 73.3. The van der Waals surface area contributed by atoms with Crippen LogP contribution in [0.2, 0.25) is 0 Å². The molecule has 440 valence electrons. The monoisotopic (exact) mass is 1080 g/mol. The van der Waals surface area contributed by atoms with E-state index in [0.29, 0.717) is 19.3 Å². The molecule has 0 aliphatic rings. The summed E-state index contributed by atoms with van der Waals surface area (Å²) < 4.78 is 16.8. The number of unbranched alkanes of at least 4 members (excludes halogenated alkanes) is 21. The molecular formula is C72H116O6. The first-order valence-corrected chi connectivity index (χ1v) is 31.8. The first-order chi connectivity index (χ1) is 38.5. The van der Waals surface area contributed by atoms with E-state index in [1.807, 2.05) is 6.08 Å². The van der Waals surface area contributed by atoms with Crippen molar-refractivity contribution in [3.63, 3.8) is 0 Å². The minimum Gasteiger partial charge on any atom is -0.462 e. The zero-order valence-electron chi connectivity index (χ0n) is 50.4. The second-order valence-corrected chi connectivity index (χ2v) is 20.5. The van der Waals surface area contributed by atoms with Gasteiger partial charge in [-0.15, -0.1) is 0 Å². The highest BCUT2D eigenvalue weighted by atomic mass is 16.6. The van der Waals surface area contributed by atoms with Crippen LogP contribution in [0.5, 0.6) is 0 Å². The summed E-state index contributed by atoms with van der Waals surface area (Å²) in [6.45, 7) is 6.33. The molecule has 0 aliphatic carbocycles. The lowest BCUT2D eigenvalue weighted by Crippen LogP contribution is -2.30. The number of hydrogen-bond acceptors (Lipinski definition) is 6. The fourth-order valence-electron chi connectivity index (χ4n) is 8.37. The number of hydrogen-bond donors (Lipinski definition) is 0. The van der Waals surface area contributed by atoms with E-state index in [0.717, 1.165) is 116 Å². The van der Waals surface area contributed by atoms with Crippen molar-refractivity contribution >= 4 is 17.9 Å². The fourth-order valence-corrected chi connectivity index (χ4v) is 8.37. The highest BCUT2D eigenvalue weighted by Crippen LogP contribution is 2.15. The summed E-state index contributed by atoms with van der Waals surface area (Å²) in [5, 5.41) is 0. The van der Waals surface area contributed by atoms with E-state index < -0.39 is 6.10 Å². The fraction of sp³-hybridized carbons (Fsp3) is 0.625. The smallest absolute Gasteiger partial charge is 0.306 e. The zero-order chi connectivity index (χ0) is 56.4. The van der Waals surface area contributed by atoms with E-state index in [-0.39, 0.29) is 37.5 Å². The Kier molecular flexibility index (Phi) is 60.9. The lowest BCUT2D eigenvalue weighted by molar-refractivity contribution is -0.166. The van der Waals surface area contributed by atoms with Crippen molar-refractivity contribution < 1.29 is 28.6 Å². The number of allylic oxidation sites excluding steroid dienone is 24. The molecule has 78 heavy (non-hydrogen) atoms. The van der Waals surface area contributed by atoms with E-state index >= 15 is 0 Å². The maximum atomic E-state index is 12.9. The van der Waals surface area contributed by atoms with Gasteiger partial charge in [-0.05, 0) is 128 Å². The molecule has 0 aromatic rings. The van der Waals surface area contributed by atoms with Crippen LogP contribution in [0, 0.1) is 0 Å². The molecule has 0 amide bonds. The van der Waals surface area contributed by atoms with Gasteiger partial charge >= 0.3 is 17.9 Å². The van der Waals surface area contributed by atoms with Gasteiger partial charge in [-0.2, -0.15) is 0 Å². The largest absolute Gasteiger partial charge is 0.462 e. The van der Waals surface area contributed by atoms with Crippen molar-refractivity contribution in [2.75, 3.05) is 13.2 Å². The molecule has 0 spiro atoms. The van der Waals surface area contributed by atoms with E-state index in [2.05, 4.69) is 161 Å². The quantitative estimate of drug-likeness (QED) is 0.0261. The summed E-state index contributed by atoms with van der Waals surface area (Å²) in [4.78, 5) is 38.2. The molecule has 0 fully saturated rings. The van der Waals surface area contributed by atoms with Crippen molar-refractivity contribution in [2.45, 2.75) is 277 Å². The van der Waals surface area contributed by atoms with Crippen LogP contribution in [0.15, 0.2) is 146 Å². The topological polar surface area (TPSA) is 78.9 Å². The predicted octanol–water partition coefficient (Wildman–Crippen LogP) is 21.9. The summed E-state index contributed by atoms with van der Waals surface area (Å²) in [6.07, 6.45) is 93.0. The Balaban J connectivity index is 4.39. The Morgan fingerprint density at radius 3 is 0.872 bits per heavy atom. The van der Waals surface area contributed by atoms with E-state index in [1.165, 1.54) is 109 Å². The van der Waals surface area contributed by atoms with E-state index in [9.17, 15) is 14.4 Å². The second-order valence-electron chi connectivity index (χ2n) is 20.5. The molecule has 0 radical (unpaired) electrons. The normalized spacial score (nSPS) is 13.1. The van der Waals surface area contributed by atoms with Crippen molar-refractivity contribution in [1.82, 2.24) is 0 Å². The lowest BCUT2D eigenvalue weighted by atomic mass is 10.1. The lowest BCUT2D eigenvalue weighted by Gasteiger charge is -2.18. The summed E-state index contributed by atoms with van der Waals surface area (Å²) in [7, 11) is 0. The number of carbonyl (C=O) groups is 3. The van der Waals surface area contributed by atoms with Gasteiger partial charge in [-0.1, -0.05) is 269 Å². The van der Waals surface area contributed by atoms with E-state index in [4.69, 9.17) is 14.2 Å². The Bertz CT molecular complexity index is 1710. The molecule has 0 aliphatic heterocycles. The maximum Gasteiger partial charge on any atom is 0.306 e. The van der Waals surface area contributed by atoms with E-state index in [1.54, 1.807) is 0 Å². The SMILES string of the molecule is CC/C=C\C/C=C\C/C=C\C/C=C\C/C=C\C/C=C\C/C=C\CCCCCCCCCC(=O)OCC(COC(=O)CC/C=C\C/C=C\C/C=C\C/C=C\CC)OC(=O)CCCCCCCCC/C=C\CCCCCCCCC. The number of ether oxygens (including phenoxy) is 3. The van der Waals surface area contributed by atoms with Crippen LogP contribution in [0.3, 0.4) is 0 Å². The minimum absolute atomic E-state index is 0.112. The second kappa shape index (κ2) is 64.8. The molecule has 0 saturated heterocycles. The van der Waals surface area contributed by atoms with Crippen molar-refractivity contribution in [3.05, 3.63) is 146 Å². The molecule has 0 rings (SSSR count). The van der Waals surface area contributed by atoms with Crippen molar-refractivity contribution in [1.29, 1.82) is 0 Å². The molecule has 0 N–H and O–H groups in total. The van der Waals surface area contributed by atoms with Crippen LogP contribution in [0.25, 0.3) is 0 Å². The number of carbonyl (C=O) groups excluding carboxylic acids is 3. The van der Waals surface area contributed by atoms with Gasteiger partial charge in [0.15, 0.2) is 6.10 Å². The predicted molar refractivity (Wildman–Crippen MR) is 339 cm³/mol. The van der Waals surface area contributed by atoms with Crippen molar-refractivity contribution in [3.8, 4) is 0 Å². The Morgan fingerprint density at radius 1 is 0.269 bits per heavy atom. The summed E-state index contributed by atoms with van der Waals surface area (Å²) >= 11 is 0. The molecule has 0 saturated carbocycles. The van der Waals surface area contributed by atoms with Gasteiger partial charge in [-0.3, -0.25) is 14.4 Å². The third-order valence-corrected chi connectivity index (χ3v) is 13.1. The third-order valence-electron chi connectivity index (χ3n) is 13.1. The average molecular weight is 1080 g/mol. The molecule has 0 aromatic carbocycles. The van der Waals surface area contributed by atoms with Crippen LogP contribution >= 0.6 is 0 Å². The maximum absolute atomic E-state index is 12.9. The molecule has 0 heterocycles. The Hall–Kier alpha value is -4.71. The van der Waals surface area contributed by atoms with Gasteiger partial charge in [0.05, 0.1) is 0 Å². The van der Waals surface area contributed by atoms with Crippen LogP contribution < -0.4 is 0 Å². The van der Waals surface area contributed by atoms with Gasteiger partial charge in [0.1, 0.15) is 13.2 Å². The molecule has 1 atom stereocenters. The summed E-state index contributed by atoms with van der Waals surface area (Å²) in [6, 6.07) is 0. The summed E-state index contributed by atoms with van der Waals surface area (Å²) in [5.74, 6) is -1.01. The van der Waals surface area contributed by atoms with Gasteiger partial charge in [-0.25, -0.2) is 0 Å². The van der Waals surface area contributed by atoms with Gasteiger partial charge in [0.2, 0.25) is 0 Å². The average Bonchev–Trinajstić information content (AvgIpc) is 3.44. The van der Waals surface area contributed by atoms with Gasteiger partial charge in [0.25, 0.3) is 0 Å². The standard InChI is InChI=1S/C72H116O6/c1-4-7-10-13-16-19-22-25-27-29-31-32-33-34-35-36-37-38-39-40-41-43-44-47-50-53-56-59-62-65-71(74)77-68-69(67-76-70(73)64-61-58-55-52-49-46-24-21-18-15-12-9-6-3)78-72(75)66-63-60-57-54-51-48-45-42-30-28-26-23-20-17-14-11-8-5-2/h7,9-10,12,16,18-19,21,25,27-28,30-32,34-35,37-38,40-41,46,49,55,58,69H,4-6,8,11,13-15,17,20,22-24,26,29,33,36,39,42-45,47-48,50-54,56-57,59-68H2,1-3H3/b10-7-,12-9-,19-16-,21-18-,27-25-,30-28-,32-31-,35-34-,38-37-,41-40-,49-46-,58-55-. The minimum atomic E-state index is -0.820. The van der Waals surface area contributed by atoms with Crippen LogP contribution in [0.4, 0.5) is 0 Å². The molecule has 6 nitrogen and oxygen atoms in total. The summed E-state index contributed by atoms with van der Waals surface area (Å²) in [5.41, 5.74) is 0. The first-order valence-electron chi connectivity index (χ1n) is 31.8. The Morgan fingerprint density at radius 2 is 0.526 bits per heavy atom. The third kappa shape index (κ3) is 62.1. The number of esters is 3. The molecule has 0 aromatic heterocycles. The molecule has 0 bridgehead atoms. The molecule has 1 unspecified atom stereocenters. The van der Waals surface area contributed by atoms with Gasteiger partial charge < -0.3 is 14.2 Å². The molecule has 6 heteroatoms. The van der Waals surface area contributed by atoms with Crippen LogP contribution in [-0.4, -0.2) is 37.2 Å². The molecular weight excluding hydrogens is 961 g/mol. The highest BCUT2D eigenvalue weighted by molar-refractivity contribution is 5.71. The van der Waals surface area contributed by atoms with Crippen LogP contribution in [-0.2, 0) is 28.6 Å². The van der Waals surface area contributed by atoms with Crippen LogP contribution in [0.1, 0.15) is 271 Å². The highest BCUT2D eigenvalue weighted by Gasteiger charge is 2.19. The Labute approximate surface area is 480 Å². The zero-order valence-corrected chi connectivity index (χ0v) is 50.4. The van der Waals surface area contributed by atoms with Crippen molar-refractivity contribution in [2.24, 2.45) is 0 Å².